The maximum atomic E-state index is 2.33. The molecule has 0 amide bonds. The van der Waals surface area contributed by atoms with E-state index in [2.05, 4.69) is 78.9 Å². The lowest BCUT2D eigenvalue weighted by atomic mass is 9.97. The molecule has 0 saturated heterocycles. The van der Waals surface area contributed by atoms with E-state index in [-0.39, 0.29) is 0 Å². The van der Waals surface area contributed by atoms with Gasteiger partial charge in [-0.2, -0.15) is 0 Å². The van der Waals surface area contributed by atoms with E-state index in [0.717, 1.165) is 0 Å². The highest BCUT2D eigenvalue weighted by molar-refractivity contribution is 14.1. The number of halogens is 1. The molecular weight excluding hydrogens is 295 g/mol. The first-order valence-electron chi connectivity index (χ1n) is 5.00. The smallest absolute Gasteiger partial charge is 0.0130 e. The minimum absolute atomic E-state index is 1.28. The molecule has 0 fully saturated rings. The van der Waals surface area contributed by atoms with E-state index in [1.807, 2.05) is 0 Å². The number of benzene rings is 2. The van der Waals surface area contributed by atoms with Crippen LogP contribution in [0, 0.1) is 17.4 Å². The monoisotopic (exact) mass is 308 g/mol. The molecule has 2 aromatic carbocycles. The van der Waals surface area contributed by atoms with Crippen molar-refractivity contribution in [1.82, 2.24) is 0 Å². The number of aryl methyl sites for hydroxylation is 1. The van der Waals surface area contributed by atoms with Crippen LogP contribution in [0.15, 0.2) is 42.5 Å². The summed E-state index contributed by atoms with van der Waals surface area (Å²) in [5, 5.41) is 0. The summed E-state index contributed by atoms with van der Waals surface area (Å²) in [4.78, 5) is 0. The van der Waals surface area contributed by atoms with Gasteiger partial charge in [0.15, 0.2) is 0 Å². The molecule has 15 heavy (non-hydrogen) atoms. The highest BCUT2D eigenvalue weighted by Crippen LogP contribution is 2.25. The van der Waals surface area contributed by atoms with E-state index in [0.29, 0.717) is 0 Å². The van der Waals surface area contributed by atoms with Crippen LogP contribution in [0.5, 0.6) is 0 Å². The molecule has 1 heteroatoms. The highest BCUT2D eigenvalue weighted by Gasteiger charge is 2.02. The van der Waals surface area contributed by atoms with Crippen LogP contribution in [0.25, 0.3) is 11.1 Å². The second-order valence-electron chi connectivity index (χ2n) is 3.75. The van der Waals surface area contributed by atoms with Gasteiger partial charge < -0.3 is 0 Å². The molecule has 0 atom stereocenters. The molecule has 0 N–H and O–H groups in total. The lowest BCUT2D eigenvalue weighted by molar-refractivity contribution is 1.34. The summed E-state index contributed by atoms with van der Waals surface area (Å²) in [6, 6.07) is 15.1. The van der Waals surface area contributed by atoms with E-state index < -0.39 is 0 Å². The van der Waals surface area contributed by atoms with Gasteiger partial charge >= 0.3 is 0 Å². The molecule has 0 saturated carbocycles. The Kier molecular flexibility index (Phi) is 3.10. The molecule has 0 radical (unpaired) electrons. The Labute approximate surface area is 104 Å². The maximum absolute atomic E-state index is 2.33. The Morgan fingerprint density at radius 3 is 2.20 bits per heavy atom. The molecule has 2 aromatic rings. The molecule has 76 valence electrons. The molecule has 0 unspecified atom stereocenters. The third-order valence-corrected chi connectivity index (χ3v) is 3.48. The van der Waals surface area contributed by atoms with Crippen molar-refractivity contribution in [2.45, 2.75) is 13.8 Å². The molecule has 2 rings (SSSR count). The Hall–Kier alpha value is -0.830. The fraction of sp³-hybridized carbons (Fsp3) is 0.143. The van der Waals surface area contributed by atoms with E-state index in [1.54, 1.807) is 0 Å². The largest absolute Gasteiger partial charge is 0.0614 e. The first kappa shape index (κ1) is 10.7. The van der Waals surface area contributed by atoms with Gasteiger partial charge in [0.25, 0.3) is 0 Å². The van der Waals surface area contributed by atoms with Crippen molar-refractivity contribution in [3.8, 4) is 11.1 Å². The summed E-state index contributed by atoms with van der Waals surface area (Å²) in [5.74, 6) is 0. The zero-order valence-electron chi connectivity index (χ0n) is 8.92. The number of rotatable bonds is 1. The first-order chi connectivity index (χ1) is 7.18. The lowest BCUT2D eigenvalue weighted by Gasteiger charge is -2.08. The van der Waals surface area contributed by atoms with E-state index in [4.69, 9.17) is 0 Å². The summed E-state index contributed by atoms with van der Waals surface area (Å²) in [6.45, 7) is 4.34. The second kappa shape index (κ2) is 4.35. The Morgan fingerprint density at radius 2 is 1.53 bits per heavy atom. The van der Waals surface area contributed by atoms with Gasteiger partial charge in [-0.3, -0.25) is 0 Å². The molecule has 0 spiro atoms. The molecular formula is C14H13I. The van der Waals surface area contributed by atoms with Gasteiger partial charge in [0.2, 0.25) is 0 Å². The fourth-order valence-electron chi connectivity index (χ4n) is 1.69. The van der Waals surface area contributed by atoms with Gasteiger partial charge in [0.1, 0.15) is 0 Å². The standard InChI is InChI=1S/C14H13I/c1-10-4-3-5-14(11(10)2)12-6-8-13(15)9-7-12/h3-9H,1-2H3. The minimum Gasteiger partial charge on any atom is -0.0614 e. The van der Waals surface area contributed by atoms with Crippen molar-refractivity contribution in [1.29, 1.82) is 0 Å². The van der Waals surface area contributed by atoms with Crippen LogP contribution in [-0.4, -0.2) is 0 Å². The van der Waals surface area contributed by atoms with Crippen molar-refractivity contribution in [2.75, 3.05) is 0 Å². The van der Waals surface area contributed by atoms with Crippen LogP contribution in [0.4, 0.5) is 0 Å². The number of hydrogen-bond donors (Lipinski definition) is 0. The van der Waals surface area contributed by atoms with Crippen LogP contribution in [0.3, 0.4) is 0 Å². The third-order valence-electron chi connectivity index (χ3n) is 2.76. The second-order valence-corrected chi connectivity index (χ2v) is 5.00. The van der Waals surface area contributed by atoms with Gasteiger partial charge in [0, 0.05) is 3.57 Å². The van der Waals surface area contributed by atoms with Crippen molar-refractivity contribution in [3.63, 3.8) is 0 Å². The summed E-state index contributed by atoms with van der Waals surface area (Å²) in [7, 11) is 0. The van der Waals surface area contributed by atoms with Crippen molar-refractivity contribution >= 4 is 22.6 Å². The van der Waals surface area contributed by atoms with Gasteiger partial charge in [0.05, 0.1) is 0 Å². The zero-order valence-corrected chi connectivity index (χ0v) is 11.1. The third kappa shape index (κ3) is 2.23. The number of hydrogen-bond acceptors (Lipinski definition) is 0. The quantitative estimate of drug-likeness (QED) is 0.677. The summed E-state index contributed by atoms with van der Waals surface area (Å²) in [6.07, 6.45) is 0. The van der Waals surface area contributed by atoms with Gasteiger partial charge in [-0.05, 0) is 70.8 Å². The molecule has 0 aromatic heterocycles. The Balaban J connectivity index is 2.54. The normalized spacial score (nSPS) is 10.3. The highest BCUT2D eigenvalue weighted by atomic mass is 127. The summed E-state index contributed by atoms with van der Waals surface area (Å²) in [5.41, 5.74) is 5.37. The summed E-state index contributed by atoms with van der Waals surface area (Å²) < 4.78 is 1.28. The van der Waals surface area contributed by atoms with Crippen molar-refractivity contribution < 1.29 is 0 Å². The van der Waals surface area contributed by atoms with Crippen LogP contribution in [-0.2, 0) is 0 Å². The molecule has 0 aliphatic rings. The van der Waals surface area contributed by atoms with E-state index in [9.17, 15) is 0 Å². The van der Waals surface area contributed by atoms with Crippen LogP contribution < -0.4 is 0 Å². The van der Waals surface area contributed by atoms with Crippen LogP contribution in [0.1, 0.15) is 11.1 Å². The van der Waals surface area contributed by atoms with E-state index >= 15 is 0 Å². The average molecular weight is 308 g/mol. The predicted octanol–water partition coefficient (Wildman–Crippen LogP) is 4.58. The summed E-state index contributed by atoms with van der Waals surface area (Å²) >= 11 is 2.33. The van der Waals surface area contributed by atoms with E-state index in [1.165, 1.54) is 25.8 Å². The topological polar surface area (TPSA) is 0 Å². The lowest BCUT2D eigenvalue weighted by Crippen LogP contribution is -1.86. The van der Waals surface area contributed by atoms with Gasteiger partial charge in [-0.15, -0.1) is 0 Å². The molecule has 0 aliphatic heterocycles. The first-order valence-corrected chi connectivity index (χ1v) is 6.08. The van der Waals surface area contributed by atoms with Crippen molar-refractivity contribution in [3.05, 3.63) is 57.2 Å². The molecule has 0 bridgehead atoms. The average Bonchev–Trinajstić information content (AvgIpc) is 2.24. The van der Waals surface area contributed by atoms with Crippen LogP contribution >= 0.6 is 22.6 Å². The zero-order chi connectivity index (χ0) is 10.8. The SMILES string of the molecule is Cc1cccc(-c2ccc(I)cc2)c1C. The molecule has 0 nitrogen and oxygen atoms in total. The maximum Gasteiger partial charge on any atom is 0.0130 e. The Bertz CT molecular complexity index is 469. The Morgan fingerprint density at radius 1 is 0.867 bits per heavy atom. The fourth-order valence-corrected chi connectivity index (χ4v) is 2.05. The van der Waals surface area contributed by atoms with Gasteiger partial charge in [-0.25, -0.2) is 0 Å². The minimum atomic E-state index is 1.28. The van der Waals surface area contributed by atoms with Gasteiger partial charge in [-0.1, -0.05) is 30.3 Å². The van der Waals surface area contributed by atoms with Crippen LogP contribution in [0.2, 0.25) is 0 Å². The molecule has 0 aliphatic carbocycles. The molecule has 0 heterocycles. The van der Waals surface area contributed by atoms with Crippen molar-refractivity contribution in [2.24, 2.45) is 0 Å². The predicted molar refractivity (Wildman–Crippen MR) is 74.1 cm³/mol.